The standard InChI is InChI=1S/C9H11N5/c10-8-12-6-14(9(11)13-8)7-4-2-1-3-5-7/h1-5H,6H2,(H4,10,11,12,13)/p+1. The Morgan fingerprint density at radius 3 is 2.57 bits per heavy atom. The molecule has 0 aliphatic carbocycles. The summed E-state index contributed by atoms with van der Waals surface area (Å²) < 4.78 is 1.84. The number of rotatable bonds is 1. The zero-order valence-corrected chi connectivity index (χ0v) is 7.64. The van der Waals surface area contributed by atoms with E-state index in [0.29, 0.717) is 18.6 Å². The number of guanidine groups is 2. The minimum absolute atomic E-state index is 0.356. The van der Waals surface area contributed by atoms with Crippen LogP contribution in [0.2, 0.25) is 0 Å². The minimum atomic E-state index is 0.356. The summed E-state index contributed by atoms with van der Waals surface area (Å²) in [5.74, 6) is 0.860. The first-order chi connectivity index (χ1) is 6.77. The zero-order chi connectivity index (χ0) is 9.97. The smallest absolute Gasteiger partial charge is 0.357 e. The van der Waals surface area contributed by atoms with E-state index in [9.17, 15) is 0 Å². The fourth-order valence-electron chi connectivity index (χ4n) is 1.29. The van der Waals surface area contributed by atoms with Gasteiger partial charge in [-0.25, -0.2) is 14.9 Å². The number of nitrogens with two attached hydrogens (primary N) is 2. The predicted molar refractivity (Wildman–Crippen MR) is 55.2 cm³/mol. The van der Waals surface area contributed by atoms with Crippen LogP contribution in [0.5, 0.6) is 0 Å². The molecule has 0 aromatic heterocycles. The van der Waals surface area contributed by atoms with Crippen molar-refractivity contribution in [1.82, 2.24) is 5.32 Å². The molecule has 1 aromatic carbocycles. The monoisotopic (exact) mass is 190 g/mol. The first-order valence-corrected chi connectivity index (χ1v) is 4.29. The lowest BCUT2D eigenvalue weighted by Crippen LogP contribution is -2.49. The summed E-state index contributed by atoms with van der Waals surface area (Å²) in [5.41, 5.74) is 12.2. The summed E-state index contributed by atoms with van der Waals surface area (Å²) in [6.07, 6.45) is 0. The molecular formula is C9H12N5+. The molecule has 5 heteroatoms. The zero-order valence-electron chi connectivity index (χ0n) is 7.64. The van der Waals surface area contributed by atoms with E-state index in [1.165, 1.54) is 0 Å². The van der Waals surface area contributed by atoms with Crippen molar-refractivity contribution in [2.75, 3.05) is 6.67 Å². The van der Waals surface area contributed by atoms with Crippen molar-refractivity contribution in [3.8, 4) is 0 Å². The third-order valence-corrected chi connectivity index (χ3v) is 2.00. The van der Waals surface area contributed by atoms with Gasteiger partial charge in [-0.05, 0) is 12.1 Å². The van der Waals surface area contributed by atoms with Crippen LogP contribution in [0.1, 0.15) is 0 Å². The van der Waals surface area contributed by atoms with E-state index in [0.717, 1.165) is 5.69 Å². The van der Waals surface area contributed by atoms with Crippen molar-refractivity contribution < 1.29 is 4.58 Å². The summed E-state index contributed by atoms with van der Waals surface area (Å²) in [4.78, 5) is 4.05. The number of nitrogens with one attached hydrogen (secondary N) is 1. The summed E-state index contributed by atoms with van der Waals surface area (Å²) in [6.45, 7) is 0.453. The molecule has 0 fully saturated rings. The Labute approximate surface area is 81.8 Å². The maximum atomic E-state index is 5.77. The Morgan fingerprint density at radius 1 is 1.21 bits per heavy atom. The van der Waals surface area contributed by atoms with E-state index in [2.05, 4.69) is 10.3 Å². The molecule has 72 valence electrons. The molecule has 2 rings (SSSR count). The highest BCUT2D eigenvalue weighted by Crippen LogP contribution is 2.10. The van der Waals surface area contributed by atoms with Crippen LogP contribution < -0.4 is 16.8 Å². The van der Waals surface area contributed by atoms with Crippen molar-refractivity contribution in [2.24, 2.45) is 16.5 Å². The average molecular weight is 190 g/mol. The van der Waals surface area contributed by atoms with Crippen LogP contribution in [0.25, 0.3) is 0 Å². The molecule has 1 aliphatic rings. The lowest BCUT2D eigenvalue weighted by Gasteiger charge is -2.12. The second-order valence-electron chi connectivity index (χ2n) is 2.96. The predicted octanol–water partition coefficient (Wildman–Crippen LogP) is -0.479. The molecule has 0 amide bonds. The molecule has 14 heavy (non-hydrogen) atoms. The first kappa shape index (κ1) is 8.55. The molecule has 0 spiro atoms. The quantitative estimate of drug-likeness (QED) is 0.523. The largest absolute Gasteiger partial charge is 0.357 e. The normalized spacial score (nSPS) is 16.1. The highest BCUT2D eigenvalue weighted by Gasteiger charge is 2.16. The molecule has 0 unspecified atom stereocenters. The van der Waals surface area contributed by atoms with Crippen LogP contribution >= 0.6 is 0 Å². The van der Waals surface area contributed by atoms with E-state index in [1.807, 2.05) is 34.9 Å². The van der Waals surface area contributed by atoms with Gasteiger partial charge in [0.2, 0.25) is 0 Å². The molecule has 0 atom stereocenters. The number of hydrogen-bond donors (Lipinski definition) is 3. The Morgan fingerprint density at radius 2 is 1.93 bits per heavy atom. The molecule has 5 nitrogen and oxygen atoms in total. The van der Waals surface area contributed by atoms with Gasteiger partial charge in [0, 0.05) is 0 Å². The fourth-order valence-corrected chi connectivity index (χ4v) is 1.29. The third-order valence-electron chi connectivity index (χ3n) is 2.00. The molecule has 0 bridgehead atoms. The fraction of sp³-hybridized carbons (Fsp3) is 0.111. The summed E-state index contributed by atoms with van der Waals surface area (Å²) in [5, 5.41) is 2.78. The van der Waals surface area contributed by atoms with Gasteiger partial charge in [-0.15, -0.1) is 0 Å². The van der Waals surface area contributed by atoms with Gasteiger partial charge in [-0.1, -0.05) is 18.2 Å². The van der Waals surface area contributed by atoms with Crippen molar-refractivity contribution in [2.45, 2.75) is 0 Å². The van der Waals surface area contributed by atoms with Gasteiger partial charge >= 0.3 is 5.96 Å². The van der Waals surface area contributed by atoms with Gasteiger partial charge in [-0.3, -0.25) is 5.73 Å². The van der Waals surface area contributed by atoms with Crippen LogP contribution in [0.4, 0.5) is 5.69 Å². The number of benzene rings is 1. The SMILES string of the molecule is NC1=NC[N+](c2ccccc2)=C(N)N1. The maximum absolute atomic E-state index is 5.77. The van der Waals surface area contributed by atoms with Gasteiger partial charge < -0.3 is 5.73 Å². The second-order valence-corrected chi connectivity index (χ2v) is 2.96. The first-order valence-electron chi connectivity index (χ1n) is 4.29. The van der Waals surface area contributed by atoms with Crippen LogP contribution in [0, 0.1) is 0 Å². The summed E-state index contributed by atoms with van der Waals surface area (Å²) >= 11 is 0. The molecule has 1 aromatic rings. The van der Waals surface area contributed by atoms with E-state index in [1.54, 1.807) is 0 Å². The average Bonchev–Trinajstić information content (AvgIpc) is 2.19. The lowest BCUT2D eigenvalue weighted by molar-refractivity contribution is -0.443. The third kappa shape index (κ3) is 1.52. The molecular weight excluding hydrogens is 178 g/mol. The van der Waals surface area contributed by atoms with Gasteiger partial charge in [-0.2, -0.15) is 0 Å². The van der Waals surface area contributed by atoms with Crippen molar-refractivity contribution in [3.63, 3.8) is 0 Å². The van der Waals surface area contributed by atoms with Crippen molar-refractivity contribution >= 4 is 17.6 Å². The number of para-hydroxylation sites is 1. The molecule has 1 heterocycles. The number of nitrogens with zero attached hydrogens (tertiary/aromatic N) is 2. The Kier molecular flexibility index (Phi) is 2.06. The van der Waals surface area contributed by atoms with Gasteiger partial charge in [0.05, 0.1) is 0 Å². The number of hydrogen-bond acceptors (Lipinski definition) is 4. The highest BCUT2D eigenvalue weighted by molar-refractivity contribution is 5.96. The van der Waals surface area contributed by atoms with E-state index >= 15 is 0 Å². The second kappa shape index (κ2) is 3.37. The molecule has 0 radical (unpaired) electrons. The molecule has 0 saturated heterocycles. The van der Waals surface area contributed by atoms with E-state index in [4.69, 9.17) is 11.5 Å². The Bertz CT molecular complexity index is 393. The van der Waals surface area contributed by atoms with Crippen LogP contribution in [0.15, 0.2) is 35.3 Å². The summed E-state index contributed by atoms with van der Waals surface area (Å²) in [7, 11) is 0. The van der Waals surface area contributed by atoms with Crippen LogP contribution in [0.3, 0.4) is 0 Å². The van der Waals surface area contributed by atoms with Crippen molar-refractivity contribution in [3.05, 3.63) is 30.3 Å². The molecule has 1 aliphatic heterocycles. The van der Waals surface area contributed by atoms with Crippen LogP contribution in [-0.4, -0.2) is 23.2 Å². The Hall–Kier alpha value is -2.04. The van der Waals surface area contributed by atoms with Gasteiger partial charge in [0.1, 0.15) is 5.69 Å². The minimum Gasteiger partial charge on any atom is -0.357 e. The molecule has 5 N–H and O–H groups in total. The molecule has 0 saturated carbocycles. The van der Waals surface area contributed by atoms with Gasteiger partial charge in [0.15, 0.2) is 6.67 Å². The highest BCUT2D eigenvalue weighted by atomic mass is 15.3. The Balaban J connectivity index is 2.33. The van der Waals surface area contributed by atoms with Crippen molar-refractivity contribution in [1.29, 1.82) is 0 Å². The maximum Gasteiger partial charge on any atom is 0.357 e. The number of aliphatic imine (C=N–C) groups is 1. The topological polar surface area (TPSA) is 79.4 Å². The van der Waals surface area contributed by atoms with E-state index in [-0.39, 0.29) is 0 Å². The van der Waals surface area contributed by atoms with Gasteiger partial charge in [0.25, 0.3) is 5.96 Å². The lowest BCUT2D eigenvalue weighted by atomic mass is 10.3. The summed E-state index contributed by atoms with van der Waals surface area (Å²) in [6, 6.07) is 9.78. The van der Waals surface area contributed by atoms with E-state index < -0.39 is 0 Å². The van der Waals surface area contributed by atoms with Crippen LogP contribution in [-0.2, 0) is 0 Å².